The molecule has 1 aliphatic carbocycles. The first-order valence-corrected chi connectivity index (χ1v) is 8.86. The molecular formula is C17H18BrNOS. The first-order valence-electron chi connectivity index (χ1n) is 7.25. The summed E-state index contributed by atoms with van der Waals surface area (Å²) in [5.41, 5.74) is 2.54. The van der Waals surface area contributed by atoms with Crippen LogP contribution in [0.3, 0.4) is 0 Å². The van der Waals surface area contributed by atoms with Gasteiger partial charge in [-0.3, -0.25) is 4.79 Å². The molecule has 0 spiro atoms. The van der Waals surface area contributed by atoms with Crippen molar-refractivity contribution in [1.82, 2.24) is 4.90 Å². The van der Waals surface area contributed by atoms with Gasteiger partial charge < -0.3 is 4.90 Å². The van der Waals surface area contributed by atoms with Crippen LogP contribution in [0.1, 0.15) is 38.5 Å². The first kappa shape index (κ1) is 14.8. The van der Waals surface area contributed by atoms with Gasteiger partial charge in [0.25, 0.3) is 5.91 Å². The van der Waals surface area contributed by atoms with Crippen LogP contribution in [0.4, 0.5) is 0 Å². The summed E-state index contributed by atoms with van der Waals surface area (Å²) in [6.07, 6.45) is 4.79. The third kappa shape index (κ3) is 3.38. The molecule has 3 rings (SSSR count). The maximum atomic E-state index is 12.6. The number of carbonyl (C=O) groups excluding carboxylic acids is 1. The molecule has 4 heteroatoms. The summed E-state index contributed by atoms with van der Waals surface area (Å²) in [6, 6.07) is 10.2. The molecule has 110 valence electrons. The number of aryl methyl sites for hydroxylation is 2. The zero-order valence-corrected chi connectivity index (χ0v) is 14.5. The SMILES string of the molecule is CN(Cc1ccc(Br)cc1)C(=O)c1cc2c(s1)CCCC2. The van der Waals surface area contributed by atoms with Crippen LogP contribution in [-0.4, -0.2) is 17.9 Å². The van der Waals surface area contributed by atoms with E-state index in [1.807, 2.05) is 31.3 Å². The van der Waals surface area contributed by atoms with Gasteiger partial charge in [-0.25, -0.2) is 0 Å². The lowest BCUT2D eigenvalue weighted by atomic mass is 9.99. The maximum absolute atomic E-state index is 12.6. The number of amides is 1. The number of benzene rings is 1. The Hall–Kier alpha value is -1.13. The number of carbonyl (C=O) groups is 1. The van der Waals surface area contributed by atoms with Crippen LogP contribution < -0.4 is 0 Å². The first-order chi connectivity index (χ1) is 10.1. The molecular weight excluding hydrogens is 346 g/mol. The van der Waals surface area contributed by atoms with Crippen LogP contribution in [0.25, 0.3) is 0 Å². The smallest absolute Gasteiger partial charge is 0.263 e. The van der Waals surface area contributed by atoms with Crippen LogP contribution in [0, 0.1) is 0 Å². The van der Waals surface area contributed by atoms with E-state index in [1.54, 1.807) is 16.2 Å². The summed E-state index contributed by atoms with van der Waals surface area (Å²) in [5.74, 6) is 0.136. The van der Waals surface area contributed by atoms with Crippen LogP contribution in [0.5, 0.6) is 0 Å². The number of nitrogens with zero attached hydrogens (tertiary/aromatic N) is 1. The fourth-order valence-corrected chi connectivity index (χ4v) is 4.23. The zero-order valence-electron chi connectivity index (χ0n) is 12.1. The summed E-state index contributed by atoms with van der Waals surface area (Å²) in [4.78, 5) is 16.7. The van der Waals surface area contributed by atoms with Gasteiger partial charge in [0.1, 0.15) is 0 Å². The molecule has 0 saturated heterocycles. The van der Waals surface area contributed by atoms with E-state index in [-0.39, 0.29) is 5.91 Å². The van der Waals surface area contributed by atoms with Crippen molar-refractivity contribution in [3.8, 4) is 0 Å². The Kier molecular flexibility index (Phi) is 4.45. The van der Waals surface area contributed by atoms with Gasteiger partial charge in [-0.05, 0) is 55.0 Å². The number of thiophene rings is 1. The monoisotopic (exact) mass is 363 g/mol. The molecule has 0 fully saturated rings. The summed E-state index contributed by atoms with van der Waals surface area (Å²) >= 11 is 5.12. The van der Waals surface area contributed by atoms with Gasteiger partial charge in [0.15, 0.2) is 0 Å². The minimum absolute atomic E-state index is 0.136. The van der Waals surface area contributed by atoms with Gasteiger partial charge in [-0.15, -0.1) is 11.3 Å². The second-order valence-corrected chi connectivity index (χ2v) is 7.61. The Morgan fingerprint density at radius 2 is 1.95 bits per heavy atom. The van der Waals surface area contributed by atoms with E-state index in [9.17, 15) is 4.79 Å². The fraction of sp³-hybridized carbons (Fsp3) is 0.353. The van der Waals surface area contributed by atoms with Gasteiger partial charge in [-0.1, -0.05) is 28.1 Å². The van der Waals surface area contributed by atoms with Crippen LogP contribution >= 0.6 is 27.3 Å². The molecule has 1 amide bonds. The van der Waals surface area contributed by atoms with E-state index >= 15 is 0 Å². The zero-order chi connectivity index (χ0) is 14.8. The van der Waals surface area contributed by atoms with E-state index in [4.69, 9.17) is 0 Å². The minimum Gasteiger partial charge on any atom is -0.337 e. The van der Waals surface area contributed by atoms with Crippen LogP contribution in [-0.2, 0) is 19.4 Å². The van der Waals surface area contributed by atoms with Crippen molar-refractivity contribution < 1.29 is 4.79 Å². The van der Waals surface area contributed by atoms with E-state index in [0.29, 0.717) is 6.54 Å². The highest BCUT2D eigenvalue weighted by Crippen LogP contribution is 2.30. The minimum atomic E-state index is 0.136. The lowest BCUT2D eigenvalue weighted by Crippen LogP contribution is -2.25. The highest BCUT2D eigenvalue weighted by Gasteiger charge is 2.19. The van der Waals surface area contributed by atoms with E-state index in [1.165, 1.54) is 23.3 Å². The standard InChI is InChI=1S/C17H18BrNOS/c1-19(11-12-6-8-14(18)9-7-12)17(20)16-10-13-4-2-3-5-15(13)21-16/h6-10H,2-5,11H2,1H3. The molecule has 0 saturated carbocycles. The predicted octanol–water partition coefficient (Wildman–Crippen LogP) is 4.66. The summed E-state index contributed by atoms with van der Waals surface area (Å²) < 4.78 is 1.06. The van der Waals surface area contributed by atoms with Crippen molar-refractivity contribution in [2.24, 2.45) is 0 Å². The Balaban J connectivity index is 1.72. The third-order valence-electron chi connectivity index (χ3n) is 3.89. The topological polar surface area (TPSA) is 20.3 Å². The maximum Gasteiger partial charge on any atom is 0.263 e. The van der Waals surface area contributed by atoms with E-state index in [0.717, 1.165) is 27.8 Å². The Morgan fingerprint density at radius 1 is 1.24 bits per heavy atom. The van der Waals surface area contributed by atoms with Gasteiger partial charge in [0, 0.05) is 22.9 Å². The Bertz CT molecular complexity index is 624. The fourth-order valence-electron chi connectivity index (χ4n) is 2.72. The van der Waals surface area contributed by atoms with Gasteiger partial charge in [-0.2, -0.15) is 0 Å². The Labute approximate surface area is 137 Å². The van der Waals surface area contributed by atoms with Crippen molar-refractivity contribution in [3.63, 3.8) is 0 Å². The summed E-state index contributed by atoms with van der Waals surface area (Å²) in [6.45, 7) is 0.648. The largest absolute Gasteiger partial charge is 0.337 e. The molecule has 0 aliphatic heterocycles. The summed E-state index contributed by atoms with van der Waals surface area (Å²) in [5, 5.41) is 0. The van der Waals surface area contributed by atoms with Crippen molar-refractivity contribution >= 4 is 33.2 Å². The molecule has 1 heterocycles. The number of hydrogen-bond donors (Lipinski definition) is 0. The molecule has 2 aromatic rings. The lowest BCUT2D eigenvalue weighted by molar-refractivity contribution is 0.0790. The lowest BCUT2D eigenvalue weighted by Gasteiger charge is -2.16. The van der Waals surface area contributed by atoms with Crippen LogP contribution in [0.2, 0.25) is 0 Å². The number of rotatable bonds is 3. The molecule has 1 aromatic heterocycles. The average Bonchev–Trinajstić information content (AvgIpc) is 2.92. The van der Waals surface area contributed by atoms with Crippen LogP contribution in [0.15, 0.2) is 34.8 Å². The quantitative estimate of drug-likeness (QED) is 0.776. The number of halogens is 1. The summed E-state index contributed by atoms with van der Waals surface area (Å²) in [7, 11) is 1.88. The average molecular weight is 364 g/mol. The number of fused-ring (bicyclic) bond motifs is 1. The molecule has 0 unspecified atom stereocenters. The normalized spacial score (nSPS) is 13.8. The van der Waals surface area contributed by atoms with Crippen molar-refractivity contribution in [2.75, 3.05) is 7.05 Å². The molecule has 2 nitrogen and oxygen atoms in total. The highest BCUT2D eigenvalue weighted by molar-refractivity contribution is 9.10. The highest BCUT2D eigenvalue weighted by atomic mass is 79.9. The van der Waals surface area contributed by atoms with Gasteiger partial charge in [0.05, 0.1) is 4.88 Å². The molecule has 1 aromatic carbocycles. The predicted molar refractivity (Wildman–Crippen MR) is 90.9 cm³/mol. The Morgan fingerprint density at radius 3 is 2.67 bits per heavy atom. The van der Waals surface area contributed by atoms with Gasteiger partial charge >= 0.3 is 0 Å². The van der Waals surface area contributed by atoms with Crippen molar-refractivity contribution in [2.45, 2.75) is 32.2 Å². The molecule has 0 N–H and O–H groups in total. The molecule has 0 radical (unpaired) electrons. The third-order valence-corrected chi connectivity index (χ3v) is 5.64. The second kappa shape index (κ2) is 6.32. The molecule has 21 heavy (non-hydrogen) atoms. The number of hydrogen-bond acceptors (Lipinski definition) is 2. The molecule has 0 bridgehead atoms. The molecule has 0 atom stereocenters. The van der Waals surface area contributed by atoms with E-state index in [2.05, 4.69) is 22.0 Å². The van der Waals surface area contributed by atoms with Crippen molar-refractivity contribution in [3.05, 3.63) is 55.7 Å². The molecule has 1 aliphatic rings. The second-order valence-electron chi connectivity index (χ2n) is 5.55. The van der Waals surface area contributed by atoms with Gasteiger partial charge in [0.2, 0.25) is 0 Å². The van der Waals surface area contributed by atoms with E-state index < -0.39 is 0 Å². The van der Waals surface area contributed by atoms with Crippen molar-refractivity contribution in [1.29, 1.82) is 0 Å².